The van der Waals surface area contributed by atoms with Gasteiger partial charge < -0.3 is 0 Å². The summed E-state index contributed by atoms with van der Waals surface area (Å²) in [4.78, 5) is 0. The van der Waals surface area contributed by atoms with Crippen LogP contribution in [0.3, 0.4) is 0 Å². The Bertz CT molecular complexity index is 2360. The van der Waals surface area contributed by atoms with E-state index in [0.29, 0.717) is 0 Å². The Labute approximate surface area is 257 Å². The van der Waals surface area contributed by atoms with E-state index in [1.165, 1.54) is 87.6 Å². The maximum Gasteiger partial charge on any atom is -0.00201 e. The van der Waals surface area contributed by atoms with Crippen molar-refractivity contribution < 1.29 is 0 Å². The maximum atomic E-state index is 2.39. The molecule has 0 spiro atoms. The van der Waals surface area contributed by atoms with Crippen molar-refractivity contribution in [1.82, 2.24) is 0 Å². The van der Waals surface area contributed by atoms with E-state index in [2.05, 4.69) is 158 Å². The van der Waals surface area contributed by atoms with Gasteiger partial charge in [0.25, 0.3) is 0 Å². The minimum absolute atomic E-state index is 1.11. The molecule has 1 aliphatic rings. The Balaban J connectivity index is 1.27. The Morgan fingerprint density at radius 1 is 0.386 bits per heavy atom. The molecule has 0 saturated carbocycles. The SMILES string of the molecule is C1=Cc2cc(-c3ccc(-c4c5ccccc5c(-c5cccc6ccccc56)c5ccccc45)cc3)c3ccccc3c2CC1. The second-order valence-corrected chi connectivity index (χ2v) is 11.9. The molecule has 8 aromatic carbocycles. The molecule has 0 fully saturated rings. The molecule has 206 valence electrons. The fraction of sp³-hybridized carbons (Fsp3) is 0.0455. The van der Waals surface area contributed by atoms with E-state index >= 15 is 0 Å². The van der Waals surface area contributed by atoms with Gasteiger partial charge in [0.15, 0.2) is 0 Å². The molecule has 0 unspecified atom stereocenters. The zero-order chi connectivity index (χ0) is 29.0. The average molecular weight is 559 g/mol. The van der Waals surface area contributed by atoms with Crippen molar-refractivity contribution in [3.63, 3.8) is 0 Å². The summed E-state index contributed by atoms with van der Waals surface area (Å²) in [6, 6.07) is 53.9. The van der Waals surface area contributed by atoms with Gasteiger partial charge >= 0.3 is 0 Å². The van der Waals surface area contributed by atoms with Crippen LogP contribution in [0.5, 0.6) is 0 Å². The van der Waals surface area contributed by atoms with Crippen LogP contribution in [0.2, 0.25) is 0 Å². The number of aryl methyl sites for hydroxylation is 1. The van der Waals surface area contributed by atoms with Gasteiger partial charge in [-0.3, -0.25) is 0 Å². The Morgan fingerprint density at radius 2 is 0.932 bits per heavy atom. The lowest BCUT2D eigenvalue weighted by atomic mass is 9.84. The van der Waals surface area contributed by atoms with Crippen molar-refractivity contribution in [3.8, 4) is 33.4 Å². The van der Waals surface area contributed by atoms with Crippen molar-refractivity contribution in [3.05, 3.63) is 163 Å². The fourth-order valence-electron chi connectivity index (χ4n) is 7.55. The number of hydrogen-bond donors (Lipinski definition) is 0. The highest BCUT2D eigenvalue weighted by Gasteiger charge is 2.18. The van der Waals surface area contributed by atoms with E-state index < -0.39 is 0 Å². The molecule has 0 heteroatoms. The molecule has 44 heavy (non-hydrogen) atoms. The molecule has 0 nitrogen and oxygen atoms in total. The molecule has 0 bridgehead atoms. The van der Waals surface area contributed by atoms with E-state index in [-0.39, 0.29) is 0 Å². The van der Waals surface area contributed by atoms with Gasteiger partial charge in [0.1, 0.15) is 0 Å². The van der Waals surface area contributed by atoms with Gasteiger partial charge in [-0.2, -0.15) is 0 Å². The second kappa shape index (κ2) is 10.1. The Hall–Kier alpha value is -5.46. The smallest absolute Gasteiger partial charge is 0.00201 e. The van der Waals surface area contributed by atoms with Gasteiger partial charge in [-0.15, -0.1) is 0 Å². The monoisotopic (exact) mass is 558 g/mol. The third-order valence-corrected chi connectivity index (χ3v) is 9.52. The minimum Gasteiger partial charge on any atom is -0.0836 e. The molecule has 1 aliphatic carbocycles. The van der Waals surface area contributed by atoms with Crippen molar-refractivity contribution >= 4 is 49.2 Å². The first-order valence-electron chi connectivity index (χ1n) is 15.6. The lowest BCUT2D eigenvalue weighted by molar-refractivity contribution is 0.997. The molecule has 9 rings (SSSR count). The lowest BCUT2D eigenvalue weighted by Crippen LogP contribution is -1.97. The zero-order valence-corrected chi connectivity index (χ0v) is 24.4. The van der Waals surface area contributed by atoms with Gasteiger partial charge in [0, 0.05) is 0 Å². The van der Waals surface area contributed by atoms with Gasteiger partial charge in [0.05, 0.1) is 0 Å². The summed E-state index contributed by atoms with van der Waals surface area (Å²) in [5.41, 5.74) is 10.5. The van der Waals surface area contributed by atoms with Gasteiger partial charge in [0.2, 0.25) is 0 Å². The van der Waals surface area contributed by atoms with Crippen LogP contribution in [0, 0.1) is 0 Å². The summed E-state index contributed by atoms with van der Waals surface area (Å²) < 4.78 is 0. The third kappa shape index (κ3) is 3.85. The number of fused-ring (bicyclic) bond motifs is 6. The van der Waals surface area contributed by atoms with Gasteiger partial charge in [-0.25, -0.2) is 0 Å². The molecule has 0 saturated heterocycles. The van der Waals surface area contributed by atoms with Crippen molar-refractivity contribution in [2.24, 2.45) is 0 Å². The van der Waals surface area contributed by atoms with Crippen LogP contribution in [0.25, 0.3) is 82.5 Å². The molecule has 0 atom stereocenters. The summed E-state index contributed by atoms with van der Waals surface area (Å²) in [7, 11) is 0. The largest absolute Gasteiger partial charge is 0.0836 e. The predicted molar refractivity (Wildman–Crippen MR) is 190 cm³/mol. The maximum absolute atomic E-state index is 2.39. The highest BCUT2D eigenvalue weighted by molar-refractivity contribution is 6.23. The first-order chi connectivity index (χ1) is 21.8. The number of allylic oxidation sites excluding steroid dienone is 1. The van der Waals surface area contributed by atoms with Crippen molar-refractivity contribution in [2.45, 2.75) is 12.8 Å². The minimum atomic E-state index is 1.11. The number of benzene rings is 8. The molecule has 8 aromatic rings. The summed E-state index contributed by atoms with van der Waals surface area (Å²) in [5, 5.41) is 10.4. The van der Waals surface area contributed by atoms with Crippen LogP contribution in [0.4, 0.5) is 0 Å². The summed E-state index contributed by atoms with van der Waals surface area (Å²) in [5.74, 6) is 0. The zero-order valence-electron chi connectivity index (χ0n) is 24.4. The van der Waals surface area contributed by atoms with E-state index in [9.17, 15) is 0 Å². The highest BCUT2D eigenvalue weighted by atomic mass is 14.2. The molecule has 0 heterocycles. The lowest BCUT2D eigenvalue weighted by Gasteiger charge is -2.19. The van der Waals surface area contributed by atoms with Gasteiger partial charge in [-0.1, -0.05) is 152 Å². The second-order valence-electron chi connectivity index (χ2n) is 11.9. The number of rotatable bonds is 3. The quantitative estimate of drug-likeness (QED) is 0.189. The summed E-state index contributed by atoms with van der Waals surface area (Å²) in [6.07, 6.45) is 6.84. The van der Waals surface area contributed by atoms with Crippen LogP contribution in [-0.2, 0) is 6.42 Å². The Morgan fingerprint density at radius 3 is 1.64 bits per heavy atom. The molecule has 0 aromatic heterocycles. The topological polar surface area (TPSA) is 0 Å². The Kier molecular flexibility index (Phi) is 5.74. The molecule has 0 aliphatic heterocycles. The van der Waals surface area contributed by atoms with Crippen LogP contribution in [-0.4, -0.2) is 0 Å². The average Bonchev–Trinajstić information content (AvgIpc) is 3.10. The predicted octanol–water partition coefficient (Wildman–Crippen LogP) is 12.3. The van der Waals surface area contributed by atoms with E-state index in [0.717, 1.165) is 12.8 Å². The van der Waals surface area contributed by atoms with E-state index in [1.54, 1.807) is 0 Å². The van der Waals surface area contributed by atoms with Gasteiger partial charge in [-0.05, 0) is 107 Å². The highest BCUT2D eigenvalue weighted by Crippen LogP contribution is 2.45. The van der Waals surface area contributed by atoms with Crippen molar-refractivity contribution in [2.75, 3.05) is 0 Å². The normalized spacial score (nSPS) is 12.7. The van der Waals surface area contributed by atoms with Crippen molar-refractivity contribution in [1.29, 1.82) is 0 Å². The summed E-state index contributed by atoms with van der Waals surface area (Å²) >= 11 is 0. The molecular weight excluding hydrogens is 528 g/mol. The van der Waals surface area contributed by atoms with Crippen LogP contribution < -0.4 is 0 Å². The number of hydrogen-bond acceptors (Lipinski definition) is 0. The molecular formula is C44H30. The third-order valence-electron chi connectivity index (χ3n) is 9.52. The standard InChI is InChI=1S/C44H30/c1-3-15-33-29(12-1)14-11-23-37(33)44-40-21-9-7-19-38(40)43(39-20-8-10-22-41(39)44)31-26-24-30(25-27-31)42-28-32-13-2-4-16-34(32)35-17-5-6-18-36(35)42/h1-3,5-15,17-28H,4,16H2. The van der Waals surface area contributed by atoms with Crippen LogP contribution in [0.1, 0.15) is 17.5 Å². The van der Waals surface area contributed by atoms with E-state index in [4.69, 9.17) is 0 Å². The first kappa shape index (κ1) is 25.1. The van der Waals surface area contributed by atoms with E-state index in [1.807, 2.05) is 0 Å². The molecule has 0 amide bonds. The first-order valence-corrected chi connectivity index (χ1v) is 15.6. The van der Waals surface area contributed by atoms with Crippen LogP contribution in [0.15, 0.2) is 152 Å². The molecule has 0 radical (unpaired) electrons. The molecule has 0 N–H and O–H groups in total. The van der Waals surface area contributed by atoms with Crippen LogP contribution >= 0.6 is 0 Å². The fourth-order valence-corrected chi connectivity index (χ4v) is 7.55. The summed E-state index contributed by atoms with van der Waals surface area (Å²) in [6.45, 7) is 0.